The van der Waals surface area contributed by atoms with E-state index in [1.807, 2.05) is 0 Å². The van der Waals surface area contributed by atoms with Gasteiger partial charge in [0.1, 0.15) is 29.9 Å². The maximum absolute atomic E-state index is 14.6. The molecule has 0 aliphatic carbocycles. The fraction of sp³-hybridized carbons (Fsp3) is 0.261. The third-order valence-corrected chi connectivity index (χ3v) is 6.06. The van der Waals surface area contributed by atoms with E-state index in [-0.39, 0.29) is 18.7 Å². The van der Waals surface area contributed by atoms with Crippen molar-refractivity contribution in [3.05, 3.63) is 99.8 Å². The predicted molar refractivity (Wildman–Crippen MR) is 122 cm³/mol. The molecule has 11 heteroatoms. The highest BCUT2D eigenvalue weighted by molar-refractivity contribution is 6.33. The van der Waals surface area contributed by atoms with E-state index in [1.165, 1.54) is 23.4 Å². The lowest BCUT2D eigenvalue weighted by Crippen LogP contribution is -2.44. The van der Waals surface area contributed by atoms with E-state index in [2.05, 4.69) is 15.2 Å². The van der Waals surface area contributed by atoms with Gasteiger partial charge in [0.25, 0.3) is 0 Å². The van der Waals surface area contributed by atoms with Crippen molar-refractivity contribution in [3.8, 4) is 0 Å². The second kappa shape index (κ2) is 10.2. The van der Waals surface area contributed by atoms with Crippen molar-refractivity contribution >= 4 is 23.2 Å². The average molecular weight is 508 g/mol. The quantitative estimate of drug-likeness (QED) is 0.358. The first-order valence-electron chi connectivity index (χ1n) is 10.3. The first-order chi connectivity index (χ1) is 16.2. The van der Waals surface area contributed by atoms with Gasteiger partial charge in [0.2, 0.25) is 0 Å². The van der Waals surface area contributed by atoms with Crippen LogP contribution >= 0.6 is 23.2 Å². The van der Waals surface area contributed by atoms with Gasteiger partial charge in [0, 0.05) is 27.9 Å². The molecule has 0 aliphatic rings. The summed E-state index contributed by atoms with van der Waals surface area (Å²) in [5.74, 6) is -1.64. The van der Waals surface area contributed by atoms with Crippen molar-refractivity contribution in [3.63, 3.8) is 0 Å². The number of benzene rings is 2. The molecule has 0 saturated carbocycles. The number of ether oxygens (including phenoxy) is 1. The SMILES string of the molecule is C[C@@H](OCc1ccn(Cc2cc(Cl)ccc2Cl)n1)[C@](O)(Cn1cncn1)c1ccc(F)cc1F. The van der Waals surface area contributed by atoms with Crippen LogP contribution in [0.25, 0.3) is 0 Å². The zero-order valence-electron chi connectivity index (χ0n) is 18.1. The third kappa shape index (κ3) is 5.44. The van der Waals surface area contributed by atoms with Crippen molar-refractivity contribution in [2.75, 3.05) is 0 Å². The fourth-order valence-corrected chi connectivity index (χ4v) is 3.96. The lowest BCUT2D eigenvalue weighted by Gasteiger charge is -2.34. The summed E-state index contributed by atoms with van der Waals surface area (Å²) in [7, 11) is 0. The van der Waals surface area contributed by atoms with E-state index in [1.54, 1.807) is 42.1 Å². The molecule has 2 aromatic heterocycles. The molecule has 1 N–H and O–H groups in total. The van der Waals surface area contributed by atoms with Gasteiger partial charge in [-0.1, -0.05) is 29.3 Å². The Kier molecular flexibility index (Phi) is 7.27. The minimum absolute atomic E-state index is 0.0416. The fourth-order valence-electron chi connectivity index (χ4n) is 3.59. The van der Waals surface area contributed by atoms with E-state index in [9.17, 15) is 13.9 Å². The molecule has 2 aromatic carbocycles. The number of hydrogen-bond acceptors (Lipinski definition) is 5. The zero-order chi connectivity index (χ0) is 24.3. The maximum atomic E-state index is 14.6. The molecule has 34 heavy (non-hydrogen) atoms. The minimum Gasteiger partial charge on any atom is -0.380 e. The number of aromatic nitrogens is 5. The molecule has 0 saturated heterocycles. The Morgan fingerprint density at radius 1 is 1.12 bits per heavy atom. The van der Waals surface area contributed by atoms with Crippen molar-refractivity contribution in [1.29, 1.82) is 0 Å². The van der Waals surface area contributed by atoms with Crippen LogP contribution in [0, 0.1) is 11.6 Å². The Hall–Kier alpha value is -2.85. The molecule has 178 valence electrons. The molecule has 0 radical (unpaired) electrons. The summed E-state index contributed by atoms with van der Waals surface area (Å²) in [4.78, 5) is 3.85. The number of nitrogens with zero attached hydrogens (tertiary/aromatic N) is 5. The van der Waals surface area contributed by atoms with Crippen LogP contribution in [-0.4, -0.2) is 35.8 Å². The van der Waals surface area contributed by atoms with Crippen LogP contribution in [0.2, 0.25) is 10.0 Å². The number of rotatable bonds is 9. The molecule has 2 atom stereocenters. The van der Waals surface area contributed by atoms with Crippen LogP contribution in [0.5, 0.6) is 0 Å². The summed E-state index contributed by atoms with van der Waals surface area (Å²) < 4.78 is 37.0. The first kappa shape index (κ1) is 24.3. The second-order valence-electron chi connectivity index (χ2n) is 7.84. The Morgan fingerprint density at radius 2 is 1.94 bits per heavy atom. The predicted octanol–water partition coefficient (Wildman–Crippen LogP) is 4.60. The Labute approximate surface area is 204 Å². The van der Waals surface area contributed by atoms with Crippen molar-refractivity contribution in [1.82, 2.24) is 24.5 Å². The maximum Gasteiger partial charge on any atom is 0.138 e. The molecular weight excluding hydrogens is 487 g/mol. The molecule has 0 spiro atoms. The standard InChI is InChI=1S/C23H21Cl2F2N5O2/c1-15(23(33,12-32-14-28-13-29-32)20-4-3-18(26)9-22(20)27)34-11-19-6-7-31(30-19)10-16-8-17(24)2-5-21(16)25/h2-9,13-15,33H,10-12H2,1H3/t15-,23-/m1/s1. The van der Waals surface area contributed by atoms with Gasteiger partial charge >= 0.3 is 0 Å². The topological polar surface area (TPSA) is 78.0 Å². The molecular formula is C23H21Cl2F2N5O2. The summed E-state index contributed by atoms with van der Waals surface area (Å²) in [5, 5.41) is 21.1. The molecule has 0 aliphatic heterocycles. The van der Waals surface area contributed by atoms with Crippen LogP contribution in [-0.2, 0) is 30.0 Å². The highest BCUT2D eigenvalue weighted by atomic mass is 35.5. The van der Waals surface area contributed by atoms with Gasteiger partial charge in [0.15, 0.2) is 0 Å². The Bertz CT molecular complexity index is 1270. The van der Waals surface area contributed by atoms with E-state index < -0.39 is 23.3 Å². The minimum atomic E-state index is -1.86. The van der Waals surface area contributed by atoms with Gasteiger partial charge in [0.05, 0.1) is 31.5 Å². The van der Waals surface area contributed by atoms with Gasteiger partial charge in [-0.15, -0.1) is 0 Å². The Morgan fingerprint density at radius 3 is 2.68 bits per heavy atom. The highest BCUT2D eigenvalue weighted by Gasteiger charge is 2.40. The Balaban J connectivity index is 1.50. The van der Waals surface area contributed by atoms with Crippen molar-refractivity contribution < 1.29 is 18.6 Å². The smallest absolute Gasteiger partial charge is 0.138 e. The number of halogens is 4. The van der Waals surface area contributed by atoms with E-state index >= 15 is 0 Å². The summed E-state index contributed by atoms with van der Waals surface area (Å²) in [5.41, 5.74) is -0.569. The van der Waals surface area contributed by atoms with Crippen LogP contribution in [0.15, 0.2) is 61.3 Å². The zero-order valence-corrected chi connectivity index (χ0v) is 19.6. The van der Waals surface area contributed by atoms with Crippen LogP contribution in [0.4, 0.5) is 8.78 Å². The molecule has 4 rings (SSSR count). The van der Waals surface area contributed by atoms with Crippen LogP contribution < -0.4 is 0 Å². The largest absolute Gasteiger partial charge is 0.380 e. The number of aliphatic hydroxyl groups is 1. The summed E-state index contributed by atoms with van der Waals surface area (Å²) >= 11 is 12.3. The lowest BCUT2D eigenvalue weighted by molar-refractivity contribution is -0.124. The monoisotopic (exact) mass is 507 g/mol. The molecule has 0 fully saturated rings. The molecule has 2 heterocycles. The third-order valence-electron chi connectivity index (χ3n) is 5.46. The van der Waals surface area contributed by atoms with Gasteiger partial charge in [-0.3, -0.25) is 4.68 Å². The van der Waals surface area contributed by atoms with Gasteiger partial charge < -0.3 is 9.84 Å². The average Bonchev–Trinajstić information content (AvgIpc) is 3.46. The lowest BCUT2D eigenvalue weighted by atomic mass is 9.88. The second-order valence-corrected chi connectivity index (χ2v) is 8.68. The van der Waals surface area contributed by atoms with Crippen LogP contribution in [0.1, 0.15) is 23.7 Å². The van der Waals surface area contributed by atoms with E-state index in [0.29, 0.717) is 22.3 Å². The van der Waals surface area contributed by atoms with Crippen molar-refractivity contribution in [2.24, 2.45) is 0 Å². The summed E-state index contributed by atoms with van der Waals surface area (Å²) in [6.07, 6.45) is 3.54. The van der Waals surface area contributed by atoms with Crippen LogP contribution in [0.3, 0.4) is 0 Å². The van der Waals surface area contributed by atoms with Gasteiger partial charge in [-0.25, -0.2) is 18.4 Å². The molecule has 0 bridgehead atoms. The summed E-state index contributed by atoms with van der Waals surface area (Å²) in [6, 6.07) is 9.97. The number of hydrogen-bond donors (Lipinski definition) is 1. The highest BCUT2D eigenvalue weighted by Crippen LogP contribution is 2.32. The molecule has 4 aromatic rings. The molecule has 7 nitrogen and oxygen atoms in total. The molecule has 0 amide bonds. The van der Waals surface area contributed by atoms with Gasteiger partial charge in [-0.05, 0) is 42.8 Å². The summed E-state index contributed by atoms with van der Waals surface area (Å²) in [6.45, 7) is 1.90. The van der Waals surface area contributed by atoms with Crippen molar-refractivity contribution in [2.45, 2.75) is 38.3 Å². The van der Waals surface area contributed by atoms with E-state index in [0.717, 1.165) is 17.7 Å². The van der Waals surface area contributed by atoms with Gasteiger partial charge in [-0.2, -0.15) is 10.2 Å². The first-order valence-corrected chi connectivity index (χ1v) is 11.1. The normalized spacial score (nSPS) is 14.2. The molecule has 0 unspecified atom stereocenters. The van der Waals surface area contributed by atoms with E-state index in [4.69, 9.17) is 27.9 Å².